The highest BCUT2D eigenvalue weighted by atomic mass is 32.2. The predicted molar refractivity (Wildman–Crippen MR) is 114 cm³/mol. The maximum atomic E-state index is 12.9. The lowest BCUT2D eigenvalue weighted by Crippen LogP contribution is -2.16. The van der Waals surface area contributed by atoms with Gasteiger partial charge in [-0.05, 0) is 63.6 Å². The number of sulfonamides is 1. The molecular weight excluding hydrogens is 412 g/mol. The summed E-state index contributed by atoms with van der Waals surface area (Å²) >= 11 is 1.01. The zero-order valence-corrected chi connectivity index (χ0v) is 18.2. The van der Waals surface area contributed by atoms with E-state index in [2.05, 4.69) is 4.72 Å². The van der Waals surface area contributed by atoms with Gasteiger partial charge in [0.2, 0.25) is 0 Å². The van der Waals surface area contributed by atoms with Crippen LogP contribution < -0.4 is 9.60 Å². The number of thiazole rings is 1. The number of carbonyl (C=O) groups excluding carboxylic acids is 1. The minimum atomic E-state index is -3.91. The van der Waals surface area contributed by atoms with Crippen molar-refractivity contribution < 1.29 is 17.9 Å². The molecule has 0 aliphatic rings. The summed E-state index contributed by atoms with van der Waals surface area (Å²) in [4.78, 5) is 24.2. The van der Waals surface area contributed by atoms with Crippen LogP contribution in [0.15, 0.2) is 46.1 Å². The van der Waals surface area contributed by atoms with Crippen molar-refractivity contribution in [3.63, 3.8) is 0 Å². The van der Waals surface area contributed by atoms with Crippen LogP contribution >= 0.6 is 11.3 Å². The van der Waals surface area contributed by atoms with Crippen LogP contribution in [0.5, 0.6) is 0 Å². The van der Waals surface area contributed by atoms with Gasteiger partial charge in [0.15, 0.2) is 0 Å². The molecule has 29 heavy (non-hydrogen) atoms. The number of fused-ring (bicyclic) bond motifs is 1. The van der Waals surface area contributed by atoms with E-state index in [0.29, 0.717) is 27.0 Å². The van der Waals surface area contributed by atoms with E-state index in [1.807, 2.05) is 13.8 Å². The van der Waals surface area contributed by atoms with Gasteiger partial charge < -0.3 is 4.74 Å². The van der Waals surface area contributed by atoms with Crippen molar-refractivity contribution in [3.8, 4) is 0 Å². The zero-order valence-electron chi connectivity index (χ0n) is 16.6. The lowest BCUT2D eigenvalue weighted by atomic mass is 10.1. The van der Waals surface area contributed by atoms with Crippen LogP contribution in [0.2, 0.25) is 0 Å². The lowest BCUT2D eigenvalue weighted by Gasteiger charge is -2.13. The molecule has 0 unspecified atom stereocenters. The number of rotatable bonds is 6. The van der Waals surface area contributed by atoms with Crippen LogP contribution in [-0.4, -0.2) is 25.6 Å². The second kappa shape index (κ2) is 8.00. The van der Waals surface area contributed by atoms with Crippen molar-refractivity contribution in [2.24, 2.45) is 0 Å². The quantitative estimate of drug-likeness (QED) is 0.593. The molecule has 9 heteroatoms. The Morgan fingerprint density at radius 2 is 1.97 bits per heavy atom. The highest BCUT2D eigenvalue weighted by Crippen LogP contribution is 2.27. The maximum absolute atomic E-state index is 12.9. The van der Waals surface area contributed by atoms with E-state index in [-0.39, 0.29) is 22.4 Å². The average molecular weight is 435 g/mol. The second-order valence-corrected chi connectivity index (χ2v) is 9.44. The number of anilines is 1. The Morgan fingerprint density at radius 1 is 1.24 bits per heavy atom. The molecule has 0 aliphatic carbocycles. The third kappa shape index (κ3) is 4.06. The fourth-order valence-electron chi connectivity index (χ4n) is 3.05. The Morgan fingerprint density at radius 3 is 2.62 bits per heavy atom. The average Bonchev–Trinajstić information content (AvgIpc) is 2.98. The van der Waals surface area contributed by atoms with Gasteiger partial charge in [-0.25, -0.2) is 13.2 Å². The van der Waals surface area contributed by atoms with Gasteiger partial charge in [-0.3, -0.25) is 14.1 Å². The first-order chi connectivity index (χ1) is 13.7. The molecule has 0 bridgehead atoms. The normalized spacial score (nSPS) is 11.8. The molecule has 2 aromatic carbocycles. The van der Waals surface area contributed by atoms with Gasteiger partial charge in [0.05, 0.1) is 33.0 Å². The molecule has 0 spiro atoms. The molecular formula is C20H22N2O5S2. The summed E-state index contributed by atoms with van der Waals surface area (Å²) in [6.07, 6.45) is 0. The number of nitrogens with one attached hydrogen (secondary N) is 1. The molecule has 0 atom stereocenters. The summed E-state index contributed by atoms with van der Waals surface area (Å²) in [5.74, 6) is -0.507. The van der Waals surface area contributed by atoms with E-state index in [0.717, 1.165) is 11.3 Å². The van der Waals surface area contributed by atoms with E-state index in [9.17, 15) is 18.0 Å². The van der Waals surface area contributed by atoms with Gasteiger partial charge in [-0.2, -0.15) is 0 Å². The minimum absolute atomic E-state index is 0.0231. The third-order valence-corrected chi connectivity index (χ3v) is 6.77. The van der Waals surface area contributed by atoms with E-state index in [1.165, 1.54) is 12.1 Å². The molecule has 3 aromatic rings. The number of aromatic nitrogens is 1. The number of hydrogen-bond donors (Lipinski definition) is 1. The highest BCUT2D eigenvalue weighted by Gasteiger charge is 2.20. The minimum Gasteiger partial charge on any atom is -0.462 e. The summed E-state index contributed by atoms with van der Waals surface area (Å²) < 4.78 is 35.6. The highest BCUT2D eigenvalue weighted by molar-refractivity contribution is 7.92. The van der Waals surface area contributed by atoms with Gasteiger partial charge in [-0.15, -0.1) is 0 Å². The fraction of sp³-hybridized carbons (Fsp3) is 0.300. The molecule has 7 nitrogen and oxygen atoms in total. The molecule has 1 heterocycles. The van der Waals surface area contributed by atoms with Crippen molar-refractivity contribution in [3.05, 3.63) is 57.2 Å². The first-order valence-electron chi connectivity index (χ1n) is 9.10. The van der Waals surface area contributed by atoms with E-state index in [1.54, 1.807) is 42.7 Å². The molecule has 0 amide bonds. The van der Waals surface area contributed by atoms with Gasteiger partial charge in [0, 0.05) is 6.04 Å². The third-order valence-electron chi connectivity index (χ3n) is 4.48. The number of nitrogens with zero attached hydrogens (tertiary/aromatic N) is 1. The van der Waals surface area contributed by atoms with Crippen molar-refractivity contribution in [1.82, 2.24) is 4.57 Å². The Labute approximate surface area is 173 Å². The molecule has 1 N–H and O–H groups in total. The van der Waals surface area contributed by atoms with Crippen LogP contribution in [0, 0.1) is 6.92 Å². The number of hydrogen-bond acceptors (Lipinski definition) is 6. The van der Waals surface area contributed by atoms with Crippen molar-refractivity contribution in [1.29, 1.82) is 0 Å². The van der Waals surface area contributed by atoms with E-state index < -0.39 is 16.0 Å². The molecule has 0 fully saturated rings. The summed E-state index contributed by atoms with van der Waals surface area (Å²) in [5, 5.41) is 0. The molecule has 0 saturated carbocycles. The first-order valence-corrected chi connectivity index (χ1v) is 11.4. The van der Waals surface area contributed by atoms with Crippen LogP contribution in [0.4, 0.5) is 5.69 Å². The number of esters is 1. The molecule has 1 aromatic heterocycles. The standard InChI is InChI=1S/C20H22N2O5S2/c1-5-27-19(23)15-7-6-8-16(13(15)4)21-29(25,26)14-9-10-17-18(11-14)28-20(24)22(17)12(2)3/h6-12,21H,5H2,1-4H3. The van der Waals surface area contributed by atoms with E-state index in [4.69, 9.17) is 4.74 Å². The van der Waals surface area contributed by atoms with Gasteiger partial charge in [0.1, 0.15) is 0 Å². The summed E-state index contributed by atoms with van der Waals surface area (Å²) in [6, 6.07) is 9.35. The van der Waals surface area contributed by atoms with Crippen LogP contribution in [-0.2, 0) is 14.8 Å². The summed E-state index contributed by atoms with van der Waals surface area (Å²) in [6.45, 7) is 7.39. The zero-order chi connectivity index (χ0) is 21.3. The number of ether oxygens (including phenoxy) is 1. The lowest BCUT2D eigenvalue weighted by molar-refractivity contribution is 0.0525. The van der Waals surface area contributed by atoms with E-state index >= 15 is 0 Å². The van der Waals surface area contributed by atoms with Crippen molar-refractivity contribution in [2.75, 3.05) is 11.3 Å². The maximum Gasteiger partial charge on any atom is 0.338 e. The van der Waals surface area contributed by atoms with Crippen LogP contribution in [0.3, 0.4) is 0 Å². The van der Waals surface area contributed by atoms with Gasteiger partial charge >= 0.3 is 10.8 Å². The molecule has 154 valence electrons. The summed E-state index contributed by atoms with van der Waals surface area (Å²) in [5.41, 5.74) is 1.78. The van der Waals surface area contributed by atoms with Crippen LogP contribution in [0.25, 0.3) is 10.2 Å². The van der Waals surface area contributed by atoms with Crippen molar-refractivity contribution >= 4 is 43.2 Å². The summed E-state index contributed by atoms with van der Waals surface area (Å²) in [7, 11) is -3.91. The Balaban J connectivity index is 1.99. The molecule has 0 radical (unpaired) electrons. The topological polar surface area (TPSA) is 94.5 Å². The number of carbonyl (C=O) groups is 1. The second-order valence-electron chi connectivity index (χ2n) is 6.77. The molecule has 0 saturated heterocycles. The predicted octanol–water partition coefficient (Wildman–Crippen LogP) is 3.93. The Hall–Kier alpha value is -2.65. The largest absolute Gasteiger partial charge is 0.462 e. The molecule has 0 aliphatic heterocycles. The monoisotopic (exact) mass is 434 g/mol. The van der Waals surface area contributed by atoms with Gasteiger partial charge in [0.25, 0.3) is 10.0 Å². The van der Waals surface area contributed by atoms with Gasteiger partial charge in [-0.1, -0.05) is 17.4 Å². The Bertz CT molecular complexity index is 1240. The first kappa shape index (κ1) is 21.1. The number of benzene rings is 2. The van der Waals surface area contributed by atoms with Crippen molar-refractivity contribution in [2.45, 2.75) is 38.6 Å². The molecule has 3 rings (SSSR count). The van der Waals surface area contributed by atoms with Crippen LogP contribution in [0.1, 0.15) is 42.7 Å². The Kier molecular flexibility index (Phi) is 5.81. The SMILES string of the molecule is CCOC(=O)c1cccc(NS(=O)(=O)c2ccc3c(c2)sc(=O)n3C(C)C)c1C. The fourth-order valence-corrected chi connectivity index (χ4v) is 5.33. The smallest absolute Gasteiger partial charge is 0.338 e.